The average Bonchev–Trinajstić information content (AvgIpc) is 2.67. The van der Waals surface area contributed by atoms with Crippen molar-refractivity contribution in [2.24, 2.45) is 7.05 Å². The summed E-state index contributed by atoms with van der Waals surface area (Å²) in [7, 11) is 2.49. The molecule has 0 radical (unpaired) electrons. The van der Waals surface area contributed by atoms with E-state index in [2.05, 4.69) is 0 Å². The van der Waals surface area contributed by atoms with Gasteiger partial charge in [0, 0.05) is 26.1 Å². The van der Waals surface area contributed by atoms with Crippen LogP contribution in [0.3, 0.4) is 0 Å². The quantitative estimate of drug-likeness (QED) is 0.595. The topological polar surface area (TPSA) is 62.5 Å². The van der Waals surface area contributed by atoms with Crippen LogP contribution in [-0.2, 0) is 13.0 Å². The van der Waals surface area contributed by atoms with Crippen LogP contribution < -0.4 is 20.7 Å². The first-order chi connectivity index (χ1) is 14.0. The highest BCUT2D eigenvalue weighted by Gasteiger charge is 2.30. The third-order valence-corrected chi connectivity index (χ3v) is 4.60. The van der Waals surface area contributed by atoms with Gasteiger partial charge in [-0.3, -0.25) is 9.36 Å². The highest BCUT2D eigenvalue weighted by molar-refractivity contribution is 6.32. The highest BCUT2D eigenvalue weighted by atomic mass is 35.5. The number of methoxy groups -OCH3 is 1. The summed E-state index contributed by atoms with van der Waals surface area (Å²) < 4.78 is 53.8. The van der Waals surface area contributed by atoms with Gasteiger partial charge in [-0.1, -0.05) is 23.7 Å². The molecular weight excluding hydrogens is 425 g/mol. The van der Waals surface area contributed by atoms with Crippen molar-refractivity contribution in [3.63, 3.8) is 0 Å². The zero-order valence-corrected chi connectivity index (χ0v) is 16.8. The lowest BCUT2D eigenvalue weighted by Gasteiger charge is -2.17. The van der Waals surface area contributed by atoms with E-state index in [0.717, 1.165) is 19.2 Å². The molecule has 0 fully saturated rings. The van der Waals surface area contributed by atoms with Crippen LogP contribution in [0.5, 0.6) is 17.2 Å². The Bertz CT molecular complexity index is 1230. The minimum Gasteiger partial charge on any atom is -0.493 e. The van der Waals surface area contributed by atoms with Crippen molar-refractivity contribution in [2.45, 2.75) is 12.8 Å². The van der Waals surface area contributed by atoms with Gasteiger partial charge < -0.3 is 9.47 Å². The smallest absolute Gasteiger partial charge is 0.335 e. The Morgan fingerprint density at radius 3 is 2.27 bits per heavy atom. The zero-order valence-electron chi connectivity index (χ0n) is 16.1. The summed E-state index contributed by atoms with van der Waals surface area (Å²) in [6.07, 6.45) is 0. The van der Waals surface area contributed by atoms with E-state index in [0.29, 0.717) is 27.9 Å². The third-order valence-electron chi connectivity index (χ3n) is 4.30. The van der Waals surface area contributed by atoms with Crippen molar-refractivity contribution >= 4 is 11.6 Å². The van der Waals surface area contributed by atoms with Crippen molar-refractivity contribution in [3.8, 4) is 22.9 Å². The van der Waals surface area contributed by atoms with Gasteiger partial charge in [-0.25, -0.2) is 22.5 Å². The summed E-state index contributed by atoms with van der Waals surface area (Å²) in [5.41, 5.74) is -3.57. The van der Waals surface area contributed by atoms with Gasteiger partial charge in [-0.15, -0.1) is 0 Å². The number of halogens is 4. The summed E-state index contributed by atoms with van der Waals surface area (Å²) in [6, 6.07) is 9.04. The molecule has 0 aliphatic carbocycles. The molecule has 2 aromatic carbocycles. The molecule has 0 aliphatic rings. The van der Waals surface area contributed by atoms with Gasteiger partial charge in [0.25, 0.3) is 11.5 Å². The molecule has 158 valence electrons. The van der Waals surface area contributed by atoms with E-state index in [4.69, 9.17) is 21.1 Å². The summed E-state index contributed by atoms with van der Waals surface area (Å²) in [5.74, 6) is -3.91. The fraction of sp³-hybridized carbons (Fsp3) is 0.200. The molecular formula is C20H16ClF3N2O4. The van der Waals surface area contributed by atoms with E-state index in [1.54, 1.807) is 24.3 Å². The van der Waals surface area contributed by atoms with Crippen LogP contribution >= 0.6 is 11.6 Å². The predicted molar refractivity (Wildman–Crippen MR) is 105 cm³/mol. The second kappa shape index (κ2) is 7.91. The molecule has 1 aromatic heterocycles. The first-order valence-electron chi connectivity index (χ1n) is 8.56. The van der Waals surface area contributed by atoms with Gasteiger partial charge in [0.15, 0.2) is 11.5 Å². The number of benzene rings is 2. The summed E-state index contributed by atoms with van der Waals surface area (Å²) in [6.45, 7) is 0.549. The molecule has 3 aromatic rings. The molecule has 0 spiro atoms. The Hall–Kier alpha value is -3.20. The van der Waals surface area contributed by atoms with Gasteiger partial charge in [0.05, 0.1) is 23.5 Å². The molecule has 3 rings (SSSR count). The van der Waals surface area contributed by atoms with Crippen LogP contribution in [0, 0.1) is 5.82 Å². The van der Waals surface area contributed by atoms with Crippen LogP contribution in [-0.4, -0.2) is 16.2 Å². The molecule has 0 unspecified atom stereocenters. The Balaban J connectivity index is 2.19. The van der Waals surface area contributed by atoms with E-state index in [-0.39, 0.29) is 16.5 Å². The van der Waals surface area contributed by atoms with E-state index in [1.807, 2.05) is 0 Å². The first-order valence-corrected chi connectivity index (χ1v) is 8.94. The maximum Gasteiger partial charge on any atom is 0.335 e. The monoisotopic (exact) mass is 440 g/mol. The zero-order chi connectivity index (χ0) is 22.2. The lowest BCUT2D eigenvalue weighted by molar-refractivity contribution is 0.00825. The normalized spacial score (nSPS) is 11.4. The van der Waals surface area contributed by atoms with E-state index in [1.165, 1.54) is 7.11 Å². The van der Waals surface area contributed by atoms with Crippen molar-refractivity contribution in [1.82, 2.24) is 9.13 Å². The summed E-state index contributed by atoms with van der Waals surface area (Å²) in [5, 5.41) is -0.135. The fourth-order valence-electron chi connectivity index (χ4n) is 2.86. The SMILES string of the molecule is COc1ccccc1Oc1cc(-n2c(=O)cc(C(C)(F)F)n(C)c2=O)c(F)cc1Cl. The largest absolute Gasteiger partial charge is 0.493 e. The molecule has 0 aliphatic heterocycles. The Morgan fingerprint density at radius 1 is 1.03 bits per heavy atom. The van der Waals surface area contributed by atoms with Gasteiger partial charge in [0.1, 0.15) is 11.6 Å². The second-order valence-corrected chi connectivity index (χ2v) is 6.83. The number of ether oxygens (including phenoxy) is 2. The van der Waals surface area contributed by atoms with Crippen molar-refractivity contribution in [3.05, 3.63) is 79.8 Å². The number of nitrogens with zero attached hydrogens (tertiary/aromatic N) is 2. The molecule has 0 bridgehead atoms. The van der Waals surface area contributed by atoms with Crippen LogP contribution in [0.25, 0.3) is 5.69 Å². The molecule has 0 atom stereocenters. The van der Waals surface area contributed by atoms with Gasteiger partial charge in [-0.05, 0) is 18.2 Å². The van der Waals surface area contributed by atoms with Crippen molar-refractivity contribution in [2.75, 3.05) is 7.11 Å². The molecule has 0 saturated carbocycles. The summed E-state index contributed by atoms with van der Waals surface area (Å²) in [4.78, 5) is 25.0. The molecule has 30 heavy (non-hydrogen) atoms. The van der Waals surface area contributed by atoms with E-state index >= 15 is 0 Å². The number of rotatable bonds is 5. The molecule has 0 saturated heterocycles. The third kappa shape index (κ3) is 3.93. The number of hydrogen-bond acceptors (Lipinski definition) is 4. The highest BCUT2D eigenvalue weighted by Crippen LogP contribution is 2.36. The number of aromatic nitrogens is 2. The minimum atomic E-state index is -3.44. The van der Waals surface area contributed by atoms with Crippen molar-refractivity contribution in [1.29, 1.82) is 0 Å². The Morgan fingerprint density at radius 2 is 1.67 bits per heavy atom. The molecule has 6 nitrogen and oxygen atoms in total. The molecule has 0 N–H and O–H groups in total. The van der Waals surface area contributed by atoms with Gasteiger partial charge in [-0.2, -0.15) is 0 Å². The Kier molecular flexibility index (Phi) is 5.67. The van der Waals surface area contributed by atoms with Crippen molar-refractivity contribution < 1.29 is 22.6 Å². The average molecular weight is 441 g/mol. The summed E-state index contributed by atoms with van der Waals surface area (Å²) >= 11 is 6.05. The predicted octanol–water partition coefficient (Wildman–Crippen LogP) is 4.24. The van der Waals surface area contributed by atoms with Crippen LogP contribution in [0.15, 0.2) is 52.1 Å². The maximum absolute atomic E-state index is 14.6. The lowest BCUT2D eigenvalue weighted by atomic mass is 10.2. The van der Waals surface area contributed by atoms with Crippen LogP contribution in [0.2, 0.25) is 5.02 Å². The van der Waals surface area contributed by atoms with Gasteiger partial charge >= 0.3 is 5.69 Å². The number of alkyl halides is 2. The first kappa shape index (κ1) is 21.5. The second-order valence-electron chi connectivity index (χ2n) is 6.42. The molecule has 1 heterocycles. The number of hydrogen-bond donors (Lipinski definition) is 0. The lowest BCUT2D eigenvalue weighted by Crippen LogP contribution is -2.41. The molecule has 10 heteroatoms. The standard InChI is InChI=1S/C20H16ClF3N2O4/c1-20(23,24)17-10-18(27)26(19(28)25(17)2)13-9-16(11(21)8-12(13)22)30-15-7-5-4-6-14(15)29-3/h4-10H,1-3H3. The number of para-hydroxylation sites is 2. The van der Waals surface area contributed by atoms with Crippen LogP contribution in [0.4, 0.5) is 13.2 Å². The van der Waals surface area contributed by atoms with Gasteiger partial charge in [0.2, 0.25) is 0 Å². The van der Waals surface area contributed by atoms with E-state index in [9.17, 15) is 22.8 Å². The Labute approximate surface area is 173 Å². The van der Waals surface area contributed by atoms with E-state index < -0.39 is 34.4 Å². The molecule has 0 amide bonds. The minimum absolute atomic E-state index is 0.0728. The van der Waals surface area contributed by atoms with Crippen LogP contribution in [0.1, 0.15) is 12.6 Å². The fourth-order valence-corrected chi connectivity index (χ4v) is 3.05. The maximum atomic E-state index is 14.6.